The van der Waals surface area contributed by atoms with Crippen molar-refractivity contribution in [1.29, 1.82) is 0 Å². The summed E-state index contributed by atoms with van der Waals surface area (Å²) >= 11 is 0. The molecule has 0 aliphatic heterocycles. The minimum atomic E-state index is -4.54. The molecule has 0 heterocycles. The number of nitrogens with one attached hydrogen (secondary N) is 2. The van der Waals surface area contributed by atoms with Crippen LogP contribution < -0.4 is 15.6 Å². The molecule has 8 heteroatoms. The van der Waals surface area contributed by atoms with Crippen LogP contribution >= 0.6 is 0 Å². The maximum atomic E-state index is 12.9. The van der Waals surface area contributed by atoms with Gasteiger partial charge in [0.1, 0.15) is 5.75 Å². The molecule has 1 amide bonds. The molecule has 2 aromatic carbocycles. The van der Waals surface area contributed by atoms with Crippen LogP contribution in [0.2, 0.25) is 0 Å². The molecule has 0 aliphatic carbocycles. The first-order valence-corrected chi connectivity index (χ1v) is 7.78. The number of carbonyl (C=O) groups is 2. The highest BCUT2D eigenvalue weighted by Crippen LogP contribution is 2.34. The van der Waals surface area contributed by atoms with Gasteiger partial charge in [-0.2, -0.15) is 13.2 Å². The molecule has 2 aromatic rings. The lowest BCUT2D eigenvalue weighted by molar-refractivity contribution is -0.137. The first-order valence-electron chi connectivity index (χ1n) is 7.78. The van der Waals surface area contributed by atoms with E-state index in [2.05, 4.69) is 10.9 Å². The van der Waals surface area contributed by atoms with Gasteiger partial charge in [0.05, 0.1) is 11.3 Å². The van der Waals surface area contributed by atoms with Crippen LogP contribution in [0.5, 0.6) is 5.75 Å². The lowest BCUT2D eigenvalue weighted by Gasteiger charge is -2.15. The van der Waals surface area contributed by atoms with Crippen molar-refractivity contribution in [3.63, 3.8) is 0 Å². The van der Waals surface area contributed by atoms with Crippen LogP contribution in [-0.4, -0.2) is 18.3 Å². The van der Waals surface area contributed by atoms with E-state index in [1.54, 1.807) is 31.2 Å². The van der Waals surface area contributed by atoms with E-state index in [4.69, 9.17) is 4.74 Å². The van der Waals surface area contributed by atoms with Crippen LogP contribution in [0, 0.1) is 0 Å². The van der Waals surface area contributed by atoms with E-state index in [-0.39, 0.29) is 11.5 Å². The number of anilines is 1. The van der Waals surface area contributed by atoms with Gasteiger partial charge in [-0.3, -0.25) is 20.4 Å². The lowest BCUT2D eigenvalue weighted by atomic mass is 10.1. The Bertz CT molecular complexity index is 774. The second-order valence-corrected chi connectivity index (χ2v) is 5.31. The average Bonchev–Trinajstić information content (AvgIpc) is 2.64. The second-order valence-electron chi connectivity index (χ2n) is 5.31. The molecule has 0 unspecified atom stereocenters. The number of amides is 1. The number of ketones is 1. The highest BCUT2D eigenvalue weighted by Gasteiger charge is 2.33. The summed E-state index contributed by atoms with van der Waals surface area (Å²) in [5, 5.41) is 0. The Kier molecular flexibility index (Phi) is 6.21. The van der Waals surface area contributed by atoms with Crippen molar-refractivity contribution in [2.45, 2.75) is 19.5 Å². The summed E-state index contributed by atoms with van der Waals surface area (Å²) in [5.41, 5.74) is 3.77. The zero-order valence-electron chi connectivity index (χ0n) is 13.9. The molecule has 0 bridgehead atoms. The van der Waals surface area contributed by atoms with Gasteiger partial charge in [0.15, 0.2) is 12.4 Å². The Hall–Kier alpha value is -3.03. The van der Waals surface area contributed by atoms with E-state index in [0.717, 1.165) is 6.07 Å². The average molecular weight is 366 g/mol. The van der Waals surface area contributed by atoms with Crippen molar-refractivity contribution in [1.82, 2.24) is 5.43 Å². The molecule has 0 atom stereocenters. The van der Waals surface area contributed by atoms with E-state index in [1.807, 2.05) is 0 Å². The van der Waals surface area contributed by atoms with Gasteiger partial charge >= 0.3 is 6.18 Å². The van der Waals surface area contributed by atoms with Gasteiger partial charge in [0, 0.05) is 12.0 Å². The van der Waals surface area contributed by atoms with E-state index in [0.29, 0.717) is 17.7 Å². The van der Waals surface area contributed by atoms with Crippen molar-refractivity contribution >= 4 is 17.4 Å². The third-order valence-electron chi connectivity index (χ3n) is 3.44. The van der Waals surface area contributed by atoms with E-state index in [9.17, 15) is 22.8 Å². The monoisotopic (exact) mass is 366 g/mol. The van der Waals surface area contributed by atoms with E-state index >= 15 is 0 Å². The van der Waals surface area contributed by atoms with E-state index < -0.39 is 24.3 Å². The molecule has 0 radical (unpaired) electrons. The molecule has 0 aliphatic rings. The number of Topliss-reactive ketones (excluding diaryl/α,β-unsaturated/α-hetero) is 1. The number of hydrazine groups is 1. The Morgan fingerprint density at radius 2 is 1.69 bits per heavy atom. The fraction of sp³-hybridized carbons (Fsp3) is 0.222. The fourth-order valence-electron chi connectivity index (χ4n) is 2.10. The number of para-hydroxylation sites is 1. The lowest BCUT2D eigenvalue weighted by Crippen LogP contribution is -2.34. The number of alkyl halides is 3. The summed E-state index contributed by atoms with van der Waals surface area (Å²) < 4.78 is 43.8. The smallest absolute Gasteiger partial charge is 0.418 e. The van der Waals surface area contributed by atoms with Crippen molar-refractivity contribution in [3.05, 3.63) is 59.7 Å². The molecule has 138 valence electrons. The van der Waals surface area contributed by atoms with Crippen molar-refractivity contribution in [2.75, 3.05) is 12.0 Å². The highest BCUT2D eigenvalue weighted by molar-refractivity contribution is 5.95. The van der Waals surface area contributed by atoms with Crippen molar-refractivity contribution < 1.29 is 27.5 Å². The maximum absolute atomic E-state index is 12.9. The molecule has 5 nitrogen and oxygen atoms in total. The first kappa shape index (κ1) is 19.3. The quantitative estimate of drug-likeness (QED) is 0.577. The predicted molar refractivity (Wildman–Crippen MR) is 89.8 cm³/mol. The van der Waals surface area contributed by atoms with Gasteiger partial charge < -0.3 is 4.74 Å². The van der Waals surface area contributed by atoms with Gasteiger partial charge in [-0.05, 0) is 36.4 Å². The van der Waals surface area contributed by atoms with Crippen LogP contribution in [-0.2, 0) is 11.0 Å². The topological polar surface area (TPSA) is 67.4 Å². The summed E-state index contributed by atoms with van der Waals surface area (Å²) in [4.78, 5) is 23.3. The van der Waals surface area contributed by atoms with E-state index in [1.165, 1.54) is 18.2 Å². The Morgan fingerprint density at radius 3 is 2.31 bits per heavy atom. The zero-order chi connectivity index (χ0) is 19.2. The van der Waals surface area contributed by atoms with Crippen LogP contribution in [0.25, 0.3) is 0 Å². The molecule has 0 spiro atoms. The van der Waals surface area contributed by atoms with Crippen molar-refractivity contribution in [2.24, 2.45) is 0 Å². The normalized spacial score (nSPS) is 10.9. The molecule has 0 aromatic heterocycles. The summed E-state index contributed by atoms with van der Waals surface area (Å²) in [6, 6.07) is 11.0. The van der Waals surface area contributed by atoms with Crippen LogP contribution in [0.1, 0.15) is 29.3 Å². The Morgan fingerprint density at radius 1 is 1.04 bits per heavy atom. The number of rotatable bonds is 7. The van der Waals surface area contributed by atoms with Crippen LogP contribution in [0.15, 0.2) is 48.5 Å². The van der Waals surface area contributed by atoms with Gasteiger partial charge in [-0.15, -0.1) is 0 Å². The molecule has 2 N–H and O–H groups in total. The summed E-state index contributed by atoms with van der Waals surface area (Å²) in [6.45, 7) is 1.35. The van der Waals surface area contributed by atoms with Crippen LogP contribution in [0.3, 0.4) is 0 Å². The minimum absolute atomic E-state index is 0.0122. The Balaban J connectivity index is 1.87. The SMILES string of the molecule is CCC(=O)c1ccc(OCC(=O)NNc2ccccc2C(F)(F)F)cc1. The summed E-state index contributed by atoms with van der Waals surface area (Å²) in [5.74, 6) is -0.305. The van der Waals surface area contributed by atoms with Crippen molar-refractivity contribution in [3.8, 4) is 5.75 Å². The van der Waals surface area contributed by atoms with Gasteiger partial charge in [-0.1, -0.05) is 19.1 Å². The molecule has 0 saturated carbocycles. The summed E-state index contributed by atoms with van der Waals surface area (Å²) in [6.07, 6.45) is -4.16. The third kappa shape index (κ3) is 5.23. The summed E-state index contributed by atoms with van der Waals surface area (Å²) in [7, 11) is 0. The molecular formula is C18H17F3N2O3. The number of ether oxygens (including phenoxy) is 1. The largest absolute Gasteiger partial charge is 0.484 e. The molecule has 26 heavy (non-hydrogen) atoms. The maximum Gasteiger partial charge on any atom is 0.418 e. The number of hydrogen-bond donors (Lipinski definition) is 2. The highest BCUT2D eigenvalue weighted by atomic mass is 19.4. The zero-order valence-corrected chi connectivity index (χ0v) is 13.9. The predicted octanol–water partition coefficient (Wildman–Crippen LogP) is 3.82. The van der Waals surface area contributed by atoms with Crippen LogP contribution in [0.4, 0.5) is 18.9 Å². The van der Waals surface area contributed by atoms with Gasteiger partial charge in [0.2, 0.25) is 0 Å². The molecule has 0 fully saturated rings. The fourth-order valence-corrected chi connectivity index (χ4v) is 2.10. The standard InChI is InChI=1S/C18H17F3N2O3/c1-2-16(24)12-7-9-13(10-8-12)26-11-17(25)23-22-15-6-4-3-5-14(15)18(19,20)21/h3-10,22H,2,11H2,1H3,(H,23,25). The minimum Gasteiger partial charge on any atom is -0.484 e. The van der Waals surface area contributed by atoms with Gasteiger partial charge in [-0.25, -0.2) is 0 Å². The number of benzene rings is 2. The third-order valence-corrected chi connectivity index (χ3v) is 3.44. The molecular weight excluding hydrogens is 349 g/mol. The molecule has 0 saturated heterocycles. The number of hydrogen-bond acceptors (Lipinski definition) is 4. The second kappa shape index (κ2) is 8.37. The number of carbonyl (C=O) groups excluding carboxylic acids is 2. The Labute approximate surface area is 148 Å². The molecule has 2 rings (SSSR count). The number of halogens is 3. The van der Waals surface area contributed by atoms with Gasteiger partial charge in [0.25, 0.3) is 5.91 Å². The first-order chi connectivity index (χ1) is 12.3.